The van der Waals surface area contributed by atoms with E-state index < -0.39 is 0 Å². The summed E-state index contributed by atoms with van der Waals surface area (Å²) in [7, 11) is 0. The molecule has 2 aromatic heterocycles. The van der Waals surface area contributed by atoms with Gasteiger partial charge in [0, 0.05) is 17.9 Å². The van der Waals surface area contributed by atoms with Crippen LogP contribution in [-0.4, -0.2) is 20.3 Å². The number of nitriles is 1. The molecule has 0 saturated heterocycles. The number of para-hydroxylation sites is 2. The normalized spacial score (nSPS) is 10.8. The second kappa shape index (κ2) is 8.15. The number of aromatic nitrogens is 3. The van der Waals surface area contributed by atoms with E-state index in [1.54, 1.807) is 16.3 Å². The summed E-state index contributed by atoms with van der Waals surface area (Å²) in [4.78, 5) is 19.7. The van der Waals surface area contributed by atoms with Gasteiger partial charge in [-0.1, -0.05) is 42.5 Å². The number of fused-ring (bicyclic) bond motifs is 1. The molecule has 0 spiro atoms. The van der Waals surface area contributed by atoms with Crippen LogP contribution in [0.25, 0.3) is 22.3 Å². The van der Waals surface area contributed by atoms with Crippen molar-refractivity contribution in [2.45, 2.75) is 18.0 Å². The average Bonchev–Trinajstić information content (AvgIpc) is 3.06. The molecule has 1 N–H and O–H groups in total. The van der Waals surface area contributed by atoms with E-state index >= 15 is 0 Å². The van der Waals surface area contributed by atoms with Crippen LogP contribution in [0.15, 0.2) is 76.6 Å². The first-order chi connectivity index (χ1) is 13.8. The largest absolute Gasteiger partial charge is 0.326 e. The first-order valence-electron chi connectivity index (χ1n) is 9.03. The van der Waals surface area contributed by atoms with Gasteiger partial charge < -0.3 is 4.98 Å². The van der Waals surface area contributed by atoms with E-state index in [0.29, 0.717) is 12.1 Å². The van der Waals surface area contributed by atoms with Crippen LogP contribution in [0.1, 0.15) is 12.0 Å². The van der Waals surface area contributed by atoms with Crippen LogP contribution in [0.3, 0.4) is 0 Å². The molecule has 0 amide bonds. The Morgan fingerprint density at radius 3 is 2.64 bits per heavy atom. The summed E-state index contributed by atoms with van der Waals surface area (Å²) >= 11 is 1.55. The molecule has 2 aromatic carbocycles. The van der Waals surface area contributed by atoms with Crippen molar-refractivity contribution in [3.8, 4) is 17.3 Å². The molecule has 138 valence electrons. The molecule has 0 radical (unpaired) electrons. The summed E-state index contributed by atoms with van der Waals surface area (Å²) in [6.45, 7) is 0.621. The molecular weight excluding hydrogens is 368 g/mol. The zero-order chi connectivity index (χ0) is 19.3. The minimum absolute atomic E-state index is 0.0897. The summed E-state index contributed by atoms with van der Waals surface area (Å²) in [5.41, 5.74) is 4.14. The molecule has 4 aromatic rings. The molecule has 0 saturated carbocycles. The van der Waals surface area contributed by atoms with E-state index in [4.69, 9.17) is 0 Å². The fourth-order valence-electron chi connectivity index (χ4n) is 3.13. The lowest BCUT2D eigenvalue weighted by molar-refractivity contribution is 0.679. The summed E-state index contributed by atoms with van der Waals surface area (Å²) in [6.07, 6.45) is 0.800. The molecule has 0 atom stereocenters. The molecule has 0 bridgehead atoms. The lowest BCUT2D eigenvalue weighted by atomic mass is 10.1. The number of aryl methyl sites for hydroxylation is 1. The second-order valence-electron chi connectivity index (χ2n) is 6.33. The number of benzene rings is 2. The van der Waals surface area contributed by atoms with Crippen LogP contribution < -0.4 is 5.69 Å². The Morgan fingerprint density at radius 2 is 1.82 bits per heavy atom. The number of hydrogen-bond acceptors (Lipinski definition) is 4. The van der Waals surface area contributed by atoms with Crippen LogP contribution >= 0.6 is 11.8 Å². The van der Waals surface area contributed by atoms with Crippen molar-refractivity contribution in [2.24, 2.45) is 0 Å². The number of imidazole rings is 1. The van der Waals surface area contributed by atoms with Crippen molar-refractivity contribution >= 4 is 22.8 Å². The minimum atomic E-state index is -0.0897. The lowest BCUT2D eigenvalue weighted by Crippen LogP contribution is -2.17. The Bertz CT molecular complexity index is 1200. The topological polar surface area (TPSA) is 74.5 Å². The van der Waals surface area contributed by atoms with Gasteiger partial charge in [-0.25, -0.2) is 9.78 Å². The molecule has 0 aliphatic carbocycles. The lowest BCUT2D eigenvalue weighted by Gasteiger charge is -2.07. The van der Waals surface area contributed by atoms with Gasteiger partial charge in [-0.3, -0.25) is 4.57 Å². The molecule has 2 heterocycles. The quantitative estimate of drug-likeness (QED) is 0.392. The summed E-state index contributed by atoms with van der Waals surface area (Å²) < 4.78 is 1.76. The summed E-state index contributed by atoms with van der Waals surface area (Å²) in [5.74, 6) is 0.770. The third-order valence-corrected chi connectivity index (χ3v) is 5.57. The van der Waals surface area contributed by atoms with Gasteiger partial charge in [0.15, 0.2) is 0 Å². The molecule has 0 aliphatic heterocycles. The van der Waals surface area contributed by atoms with Crippen molar-refractivity contribution in [1.29, 1.82) is 5.26 Å². The van der Waals surface area contributed by atoms with Gasteiger partial charge in [-0.2, -0.15) is 5.26 Å². The molecule has 5 nitrogen and oxygen atoms in total. The first kappa shape index (κ1) is 18.1. The van der Waals surface area contributed by atoms with E-state index in [2.05, 4.69) is 16.0 Å². The Labute approximate surface area is 166 Å². The van der Waals surface area contributed by atoms with E-state index in [1.807, 2.05) is 66.7 Å². The maximum absolute atomic E-state index is 12.1. The first-order valence-corrected chi connectivity index (χ1v) is 10.0. The monoisotopic (exact) mass is 386 g/mol. The number of hydrogen-bond donors (Lipinski definition) is 1. The number of H-pyrrole nitrogens is 1. The van der Waals surface area contributed by atoms with E-state index in [-0.39, 0.29) is 5.69 Å². The zero-order valence-electron chi connectivity index (χ0n) is 15.1. The van der Waals surface area contributed by atoms with E-state index in [1.165, 1.54) is 0 Å². The molecule has 0 aliphatic rings. The van der Waals surface area contributed by atoms with Gasteiger partial charge in [0.25, 0.3) is 0 Å². The van der Waals surface area contributed by atoms with Crippen molar-refractivity contribution < 1.29 is 0 Å². The number of nitrogens with zero attached hydrogens (tertiary/aromatic N) is 3. The summed E-state index contributed by atoms with van der Waals surface area (Å²) in [6, 6.07) is 23.5. The van der Waals surface area contributed by atoms with Crippen LogP contribution in [0.4, 0.5) is 0 Å². The van der Waals surface area contributed by atoms with Crippen LogP contribution in [0, 0.1) is 11.3 Å². The molecule has 4 rings (SSSR count). The van der Waals surface area contributed by atoms with Gasteiger partial charge in [-0.15, -0.1) is 11.8 Å². The van der Waals surface area contributed by atoms with Crippen LogP contribution in [0.2, 0.25) is 0 Å². The highest BCUT2D eigenvalue weighted by Gasteiger charge is 2.09. The number of nitrogens with one attached hydrogen (secondary N) is 1. The average molecular weight is 386 g/mol. The standard InChI is InChI=1S/C22H18N4OS/c23-15-17-11-12-18(16-7-2-1-3-8-16)24-21(17)28-14-6-13-26-20-10-5-4-9-19(20)25-22(26)27/h1-5,7-12H,6,13-14H2,(H,25,27). The number of aromatic amines is 1. The maximum atomic E-state index is 12.1. The highest BCUT2D eigenvalue weighted by atomic mass is 32.2. The van der Waals surface area contributed by atoms with Gasteiger partial charge in [0.05, 0.1) is 22.3 Å². The molecular formula is C22H18N4OS. The Kier molecular flexibility index (Phi) is 5.27. The fourth-order valence-corrected chi connectivity index (χ4v) is 4.02. The predicted octanol–water partition coefficient (Wildman–Crippen LogP) is 4.45. The highest BCUT2D eigenvalue weighted by molar-refractivity contribution is 7.99. The smallest absolute Gasteiger partial charge is 0.306 e. The van der Waals surface area contributed by atoms with Gasteiger partial charge in [-0.05, 0) is 30.7 Å². The van der Waals surface area contributed by atoms with Crippen molar-refractivity contribution in [3.05, 3.63) is 82.8 Å². The number of rotatable bonds is 6. The Morgan fingerprint density at radius 1 is 1.04 bits per heavy atom. The molecule has 28 heavy (non-hydrogen) atoms. The Hall–Kier alpha value is -3.30. The van der Waals surface area contributed by atoms with Crippen LogP contribution in [-0.2, 0) is 6.54 Å². The second-order valence-corrected chi connectivity index (χ2v) is 7.41. The van der Waals surface area contributed by atoms with Gasteiger partial charge in [0.2, 0.25) is 0 Å². The maximum Gasteiger partial charge on any atom is 0.326 e. The zero-order valence-corrected chi connectivity index (χ0v) is 15.9. The Balaban J connectivity index is 1.47. The van der Waals surface area contributed by atoms with Gasteiger partial charge in [0.1, 0.15) is 11.1 Å². The molecule has 0 fully saturated rings. The van der Waals surface area contributed by atoms with Crippen molar-refractivity contribution in [1.82, 2.24) is 14.5 Å². The fraction of sp³-hybridized carbons (Fsp3) is 0.136. The van der Waals surface area contributed by atoms with E-state index in [0.717, 1.165) is 39.5 Å². The number of pyridine rings is 1. The predicted molar refractivity (Wildman–Crippen MR) is 112 cm³/mol. The summed E-state index contributed by atoms with van der Waals surface area (Å²) in [5, 5.41) is 10.1. The highest BCUT2D eigenvalue weighted by Crippen LogP contribution is 2.25. The minimum Gasteiger partial charge on any atom is -0.306 e. The third-order valence-electron chi connectivity index (χ3n) is 4.50. The third kappa shape index (κ3) is 3.71. The molecule has 6 heteroatoms. The molecule has 0 unspecified atom stereocenters. The van der Waals surface area contributed by atoms with Crippen molar-refractivity contribution in [3.63, 3.8) is 0 Å². The van der Waals surface area contributed by atoms with Crippen LogP contribution in [0.5, 0.6) is 0 Å². The van der Waals surface area contributed by atoms with Crippen molar-refractivity contribution in [2.75, 3.05) is 5.75 Å². The van der Waals surface area contributed by atoms with E-state index in [9.17, 15) is 10.1 Å². The van der Waals surface area contributed by atoms with Gasteiger partial charge >= 0.3 is 5.69 Å². The number of thioether (sulfide) groups is 1. The SMILES string of the molecule is N#Cc1ccc(-c2ccccc2)nc1SCCCn1c(=O)[nH]c2ccccc21.